The van der Waals surface area contributed by atoms with Crippen molar-refractivity contribution in [2.24, 2.45) is 5.73 Å². The van der Waals surface area contributed by atoms with Gasteiger partial charge in [-0.25, -0.2) is 0 Å². The van der Waals surface area contributed by atoms with Gasteiger partial charge in [0.05, 0.1) is 0 Å². The van der Waals surface area contributed by atoms with Gasteiger partial charge in [-0.2, -0.15) is 0 Å². The van der Waals surface area contributed by atoms with E-state index in [-0.39, 0.29) is 0 Å². The molecule has 0 amide bonds. The Balaban J connectivity index is 1.37. The highest BCUT2D eigenvalue weighted by Gasteiger charge is 2.40. The maximum atomic E-state index is 9.63. The second-order valence-electron chi connectivity index (χ2n) is 6.98. The molecule has 3 nitrogen and oxygen atoms in total. The summed E-state index contributed by atoms with van der Waals surface area (Å²) in [5.74, 6) is 1.00. The molecule has 1 aromatic carbocycles. The van der Waals surface area contributed by atoms with Gasteiger partial charge < -0.3 is 16.2 Å². The number of hydrogen-bond donors (Lipinski definition) is 3. The van der Waals surface area contributed by atoms with Crippen molar-refractivity contribution < 1.29 is 5.11 Å². The monoisotopic (exact) mass is 328 g/mol. The summed E-state index contributed by atoms with van der Waals surface area (Å²) >= 11 is 1.86. The fraction of sp³-hybridized carbons (Fsp3) is 0.474. The van der Waals surface area contributed by atoms with Gasteiger partial charge in [-0.05, 0) is 61.9 Å². The Morgan fingerprint density at radius 1 is 1.09 bits per heavy atom. The summed E-state index contributed by atoms with van der Waals surface area (Å²) in [6, 6.07) is 13.7. The highest BCUT2D eigenvalue weighted by Crippen LogP contribution is 2.46. The van der Waals surface area contributed by atoms with Crippen molar-refractivity contribution in [2.45, 2.75) is 56.1 Å². The molecule has 1 heterocycles. The summed E-state index contributed by atoms with van der Waals surface area (Å²) in [4.78, 5) is 2.71. The van der Waals surface area contributed by atoms with Gasteiger partial charge >= 0.3 is 0 Å². The predicted octanol–water partition coefficient (Wildman–Crippen LogP) is 3.84. The number of phenols is 1. The zero-order chi connectivity index (χ0) is 15.8. The normalized spacial score (nSPS) is 30.3. The summed E-state index contributed by atoms with van der Waals surface area (Å²) in [6.07, 6.45) is 6.03. The molecule has 0 radical (unpaired) electrons. The summed E-state index contributed by atoms with van der Waals surface area (Å²) in [7, 11) is 0. The van der Waals surface area contributed by atoms with E-state index in [4.69, 9.17) is 5.73 Å². The van der Waals surface area contributed by atoms with Crippen LogP contribution in [0.5, 0.6) is 5.75 Å². The first-order valence-corrected chi connectivity index (χ1v) is 9.41. The van der Waals surface area contributed by atoms with E-state index in [1.807, 2.05) is 23.5 Å². The number of rotatable bonds is 4. The molecule has 2 fully saturated rings. The van der Waals surface area contributed by atoms with Gasteiger partial charge in [-0.1, -0.05) is 12.1 Å². The van der Waals surface area contributed by atoms with Crippen LogP contribution in [0, 0.1) is 0 Å². The molecule has 2 aromatic rings. The Morgan fingerprint density at radius 2 is 1.91 bits per heavy atom. The molecule has 0 bridgehead atoms. The minimum Gasteiger partial charge on any atom is -0.508 e. The maximum absolute atomic E-state index is 9.63. The van der Waals surface area contributed by atoms with Crippen molar-refractivity contribution in [3.05, 3.63) is 41.3 Å². The smallest absolute Gasteiger partial charge is 0.116 e. The van der Waals surface area contributed by atoms with Crippen LogP contribution in [0.3, 0.4) is 0 Å². The first-order valence-electron chi connectivity index (χ1n) is 8.60. The third-order valence-corrected chi connectivity index (χ3v) is 6.40. The van der Waals surface area contributed by atoms with E-state index in [0.29, 0.717) is 29.8 Å². The first-order chi connectivity index (χ1) is 11.2. The van der Waals surface area contributed by atoms with Gasteiger partial charge in [0.1, 0.15) is 5.75 Å². The van der Waals surface area contributed by atoms with Crippen LogP contribution in [0.1, 0.15) is 42.9 Å². The van der Waals surface area contributed by atoms with Crippen LogP contribution in [0.25, 0.3) is 10.4 Å². The number of phenolic OH excluding ortho intramolecular Hbond substituents is 1. The topological polar surface area (TPSA) is 58.3 Å². The molecule has 0 saturated heterocycles. The molecule has 2 unspecified atom stereocenters. The lowest BCUT2D eigenvalue weighted by atomic mass is 9.92. The van der Waals surface area contributed by atoms with E-state index in [0.717, 1.165) is 18.4 Å². The van der Waals surface area contributed by atoms with Gasteiger partial charge in [0.2, 0.25) is 0 Å². The molecule has 2 atom stereocenters. The number of aromatic hydroxyl groups is 1. The standard InChI is InChI=1S/C19H24N2OS/c20-13-4-6-14(7-5-13)21-17-11-16(17)19-9-8-18(23-19)12-2-1-3-15(22)10-12/h1-3,8-10,13-14,16-17,21-22H,4-7,11,20H2/t13-,14-,16?,17?. The Labute approximate surface area is 141 Å². The van der Waals surface area contributed by atoms with Crippen LogP contribution >= 0.6 is 11.3 Å². The summed E-state index contributed by atoms with van der Waals surface area (Å²) in [5.41, 5.74) is 7.09. The van der Waals surface area contributed by atoms with Crippen molar-refractivity contribution in [2.75, 3.05) is 0 Å². The molecular weight excluding hydrogens is 304 g/mol. The van der Waals surface area contributed by atoms with Crippen molar-refractivity contribution >= 4 is 11.3 Å². The van der Waals surface area contributed by atoms with E-state index < -0.39 is 0 Å². The van der Waals surface area contributed by atoms with Crippen LogP contribution in [-0.2, 0) is 0 Å². The third kappa shape index (κ3) is 3.44. The van der Waals surface area contributed by atoms with Gasteiger partial charge in [0, 0.05) is 33.8 Å². The van der Waals surface area contributed by atoms with Gasteiger partial charge in [0.25, 0.3) is 0 Å². The molecule has 23 heavy (non-hydrogen) atoms. The van der Waals surface area contributed by atoms with E-state index >= 15 is 0 Å². The van der Waals surface area contributed by atoms with Gasteiger partial charge in [0.15, 0.2) is 0 Å². The average molecular weight is 328 g/mol. The van der Waals surface area contributed by atoms with Crippen LogP contribution in [-0.4, -0.2) is 23.2 Å². The number of nitrogens with two attached hydrogens (primary N) is 1. The van der Waals surface area contributed by atoms with Gasteiger partial charge in [-0.15, -0.1) is 11.3 Å². The minimum absolute atomic E-state index is 0.332. The second kappa shape index (κ2) is 6.27. The molecular formula is C19H24N2OS. The molecule has 0 spiro atoms. The summed E-state index contributed by atoms with van der Waals surface area (Å²) < 4.78 is 0. The Bertz CT molecular complexity index is 676. The number of hydrogen-bond acceptors (Lipinski definition) is 4. The molecule has 1 aromatic heterocycles. The fourth-order valence-corrected chi connectivity index (χ4v) is 4.83. The van der Waals surface area contributed by atoms with E-state index in [1.54, 1.807) is 6.07 Å². The van der Waals surface area contributed by atoms with Crippen molar-refractivity contribution in [1.82, 2.24) is 5.32 Å². The highest BCUT2D eigenvalue weighted by molar-refractivity contribution is 7.15. The zero-order valence-electron chi connectivity index (χ0n) is 13.2. The lowest BCUT2D eigenvalue weighted by molar-refractivity contribution is 0.340. The molecule has 2 aliphatic carbocycles. The van der Waals surface area contributed by atoms with Crippen LogP contribution < -0.4 is 11.1 Å². The average Bonchev–Trinajstić information content (AvgIpc) is 3.13. The van der Waals surface area contributed by atoms with E-state index in [2.05, 4.69) is 23.5 Å². The van der Waals surface area contributed by atoms with Crippen LogP contribution in [0.15, 0.2) is 36.4 Å². The first kappa shape index (κ1) is 15.2. The molecule has 2 aliphatic rings. The lowest BCUT2D eigenvalue weighted by Crippen LogP contribution is -2.38. The second-order valence-corrected chi connectivity index (χ2v) is 8.09. The SMILES string of the molecule is N[C@H]1CC[C@H](NC2CC2c2ccc(-c3cccc(O)c3)s2)CC1. The van der Waals surface area contributed by atoms with E-state index in [9.17, 15) is 5.11 Å². The summed E-state index contributed by atoms with van der Waals surface area (Å²) in [6.45, 7) is 0. The quantitative estimate of drug-likeness (QED) is 0.799. The largest absolute Gasteiger partial charge is 0.508 e. The summed E-state index contributed by atoms with van der Waals surface area (Å²) in [5, 5.41) is 13.5. The fourth-order valence-electron chi connectivity index (χ4n) is 3.65. The lowest BCUT2D eigenvalue weighted by Gasteiger charge is -2.27. The number of thiophene rings is 1. The minimum atomic E-state index is 0.332. The highest BCUT2D eigenvalue weighted by atomic mass is 32.1. The van der Waals surface area contributed by atoms with Crippen molar-refractivity contribution in [3.8, 4) is 16.2 Å². The predicted molar refractivity (Wildman–Crippen MR) is 95.9 cm³/mol. The number of benzene rings is 1. The van der Waals surface area contributed by atoms with E-state index in [1.165, 1.54) is 29.0 Å². The Hall–Kier alpha value is -1.36. The molecule has 122 valence electrons. The van der Waals surface area contributed by atoms with Crippen molar-refractivity contribution in [1.29, 1.82) is 0 Å². The Kier molecular flexibility index (Phi) is 4.14. The molecule has 4 heteroatoms. The van der Waals surface area contributed by atoms with Crippen LogP contribution in [0.4, 0.5) is 0 Å². The number of nitrogens with one attached hydrogen (secondary N) is 1. The van der Waals surface area contributed by atoms with Gasteiger partial charge in [-0.3, -0.25) is 0 Å². The third-order valence-electron chi connectivity index (χ3n) is 5.13. The Morgan fingerprint density at radius 3 is 2.70 bits per heavy atom. The maximum Gasteiger partial charge on any atom is 0.116 e. The molecule has 4 rings (SSSR count). The molecule has 2 saturated carbocycles. The molecule has 0 aliphatic heterocycles. The molecule has 4 N–H and O–H groups in total. The zero-order valence-corrected chi connectivity index (χ0v) is 14.1. The van der Waals surface area contributed by atoms with Crippen LogP contribution in [0.2, 0.25) is 0 Å². The van der Waals surface area contributed by atoms with Crippen molar-refractivity contribution in [3.63, 3.8) is 0 Å².